The summed E-state index contributed by atoms with van der Waals surface area (Å²) in [5.74, 6) is 0.647. The van der Waals surface area contributed by atoms with E-state index in [-0.39, 0.29) is 5.41 Å². The van der Waals surface area contributed by atoms with Gasteiger partial charge in [0.15, 0.2) is 11.5 Å². The van der Waals surface area contributed by atoms with Gasteiger partial charge in [-0.25, -0.2) is 4.98 Å². The summed E-state index contributed by atoms with van der Waals surface area (Å²) in [5, 5.41) is 2.08. The SMILES string of the molecule is Cc1nc2ccc(C(C)(C)CNC(=O)Cl)cc2o1. The Hall–Kier alpha value is -1.55. The van der Waals surface area contributed by atoms with Gasteiger partial charge in [0, 0.05) is 18.9 Å². The van der Waals surface area contributed by atoms with E-state index in [1.807, 2.05) is 39.0 Å². The molecule has 0 spiro atoms. The number of hydrogen-bond donors (Lipinski definition) is 1. The molecule has 1 amide bonds. The van der Waals surface area contributed by atoms with Crippen LogP contribution >= 0.6 is 11.6 Å². The second-order valence-corrected chi connectivity index (χ2v) is 5.27. The first kappa shape index (κ1) is 12.9. The number of benzene rings is 1. The Kier molecular flexibility index (Phi) is 3.30. The molecule has 0 bridgehead atoms. The molecule has 0 aliphatic rings. The third kappa shape index (κ3) is 2.64. The zero-order chi connectivity index (χ0) is 13.3. The molecule has 5 heteroatoms. The highest BCUT2D eigenvalue weighted by Gasteiger charge is 2.22. The van der Waals surface area contributed by atoms with Crippen LogP contribution < -0.4 is 5.32 Å². The minimum absolute atomic E-state index is 0.223. The Bertz CT molecular complexity index is 590. The van der Waals surface area contributed by atoms with Crippen molar-refractivity contribution in [3.8, 4) is 0 Å². The number of rotatable bonds is 3. The zero-order valence-electron chi connectivity index (χ0n) is 10.6. The minimum Gasteiger partial charge on any atom is -0.441 e. The molecule has 0 atom stereocenters. The normalized spacial score (nSPS) is 11.8. The first-order chi connectivity index (χ1) is 8.38. The number of amides is 1. The first-order valence-corrected chi connectivity index (χ1v) is 6.07. The fourth-order valence-electron chi connectivity index (χ4n) is 1.85. The first-order valence-electron chi connectivity index (χ1n) is 5.69. The summed E-state index contributed by atoms with van der Waals surface area (Å²) < 4.78 is 5.50. The van der Waals surface area contributed by atoms with Crippen LogP contribution in [-0.4, -0.2) is 16.9 Å². The van der Waals surface area contributed by atoms with Gasteiger partial charge in [0.1, 0.15) is 5.52 Å². The molecule has 0 aliphatic carbocycles. The number of aromatic nitrogens is 1. The number of nitrogens with one attached hydrogen (secondary N) is 1. The van der Waals surface area contributed by atoms with E-state index in [4.69, 9.17) is 16.0 Å². The molecule has 2 aromatic rings. The summed E-state index contributed by atoms with van der Waals surface area (Å²) in [4.78, 5) is 15.0. The lowest BCUT2D eigenvalue weighted by Crippen LogP contribution is -2.34. The molecule has 0 unspecified atom stereocenters. The van der Waals surface area contributed by atoms with Crippen molar-refractivity contribution in [2.24, 2.45) is 0 Å². The lowest BCUT2D eigenvalue weighted by Gasteiger charge is -2.24. The van der Waals surface area contributed by atoms with Gasteiger partial charge in [-0.2, -0.15) is 0 Å². The number of aryl methyl sites for hydroxylation is 1. The van der Waals surface area contributed by atoms with Crippen LogP contribution in [0.3, 0.4) is 0 Å². The molecule has 96 valence electrons. The van der Waals surface area contributed by atoms with Crippen molar-refractivity contribution in [2.45, 2.75) is 26.2 Å². The highest BCUT2D eigenvalue weighted by molar-refractivity contribution is 6.62. The molecule has 0 radical (unpaired) electrons. The fraction of sp³-hybridized carbons (Fsp3) is 0.385. The van der Waals surface area contributed by atoms with Crippen molar-refractivity contribution in [3.63, 3.8) is 0 Å². The quantitative estimate of drug-likeness (QED) is 0.685. The average molecular weight is 267 g/mol. The highest BCUT2D eigenvalue weighted by Crippen LogP contribution is 2.26. The summed E-state index contributed by atoms with van der Waals surface area (Å²) in [6.07, 6.45) is 0. The van der Waals surface area contributed by atoms with E-state index in [2.05, 4.69) is 10.3 Å². The van der Waals surface area contributed by atoms with E-state index >= 15 is 0 Å². The Labute approximate surface area is 110 Å². The summed E-state index contributed by atoms with van der Waals surface area (Å²) in [7, 11) is 0. The van der Waals surface area contributed by atoms with E-state index < -0.39 is 5.37 Å². The van der Waals surface area contributed by atoms with E-state index in [0.29, 0.717) is 12.4 Å². The van der Waals surface area contributed by atoms with Crippen molar-refractivity contribution in [3.05, 3.63) is 29.7 Å². The Morgan fingerprint density at radius 1 is 1.50 bits per heavy atom. The minimum atomic E-state index is -0.542. The Balaban J connectivity index is 2.31. The van der Waals surface area contributed by atoms with Gasteiger partial charge in [0.2, 0.25) is 0 Å². The molecule has 0 fully saturated rings. The van der Waals surface area contributed by atoms with Crippen LogP contribution in [0.15, 0.2) is 22.6 Å². The molecule has 2 rings (SSSR count). The number of halogens is 1. The number of fused-ring (bicyclic) bond motifs is 1. The molecule has 1 heterocycles. The van der Waals surface area contributed by atoms with Crippen molar-refractivity contribution < 1.29 is 9.21 Å². The van der Waals surface area contributed by atoms with Crippen LogP contribution in [0.25, 0.3) is 11.1 Å². The summed E-state index contributed by atoms with van der Waals surface area (Å²) in [6.45, 7) is 6.35. The predicted molar refractivity (Wildman–Crippen MR) is 71.0 cm³/mol. The van der Waals surface area contributed by atoms with Crippen LogP contribution in [-0.2, 0) is 5.41 Å². The van der Waals surface area contributed by atoms with Crippen LogP contribution in [0.5, 0.6) is 0 Å². The molecule has 0 saturated heterocycles. The summed E-state index contributed by atoms with van der Waals surface area (Å²) in [6, 6.07) is 5.87. The molecule has 18 heavy (non-hydrogen) atoms. The Morgan fingerprint density at radius 2 is 2.22 bits per heavy atom. The molecule has 1 aromatic carbocycles. The van der Waals surface area contributed by atoms with E-state index in [1.54, 1.807) is 0 Å². The van der Waals surface area contributed by atoms with Gasteiger partial charge in [0.05, 0.1) is 0 Å². The summed E-state index contributed by atoms with van der Waals surface area (Å²) in [5.41, 5.74) is 2.44. The highest BCUT2D eigenvalue weighted by atomic mass is 35.5. The lowest BCUT2D eigenvalue weighted by atomic mass is 9.84. The average Bonchev–Trinajstić information content (AvgIpc) is 2.65. The van der Waals surface area contributed by atoms with Gasteiger partial charge in [-0.3, -0.25) is 4.79 Å². The largest absolute Gasteiger partial charge is 0.441 e. The Morgan fingerprint density at radius 3 is 2.89 bits per heavy atom. The maximum absolute atomic E-state index is 10.8. The van der Waals surface area contributed by atoms with Crippen molar-refractivity contribution >= 4 is 28.1 Å². The second-order valence-electron chi connectivity index (χ2n) is 4.93. The van der Waals surface area contributed by atoms with Crippen molar-refractivity contribution in [1.82, 2.24) is 10.3 Å². The van der Waals surface area contributed by atoms with E-state index in [1.165, 1.54) is 0 Å². The molecule has 0 aliphatic heterocycles. The lowest BCUT2D eigenvalue weighted by molar-refractivity contribution is 0.257. The van der Waals surface area contributed by atoms with Crippen molar-refractivity contribution in [2.75, 3.05) is 6.54 Å². The molecule has 1 N–H and O–H groups in total. The molecule has 1 aromatic heterocycles. The third-order valence-electron chi connectivity index (χ3n) is 2.95. The number of hydrogen-bond acceptors (Lipinski definition) is 3. The van der Waals surface area contributed by atoms with Gasteiger partial charge in [0.25, 0.3) is 0 Å². The third-order valence-corrected chi connectivity index (χ3v) is 3.08. The van der Waals surface area contributed by atoms with E-state index in [9.17, 15) is 4.79 Å². The zero-order valence-corrected chi connectivity index (χ0v) is 11.3. The maximum Gasteiger partial charge on any atom is 0.313 e. The van der Waals surface area contributed by atoms with Gasteiger partial charge in [-0.15, -0.1) is 0 Å². The van der Waals surface area contributed by atoms with Gasteiger partial charge < -0.3 is 9.73 Å². The molecular weight excluding hydrogens is 252 g/mol. The second kappa shape index (κ2) is 4.61. The standard InChI is InChI=1S/C13H15ClN2O2/c1-8-16-10-5-4-9(6-11(10)18-8)13(2,3)7-15-12(14)17/h4-6H,7H2,1-3H3,(H,15,17). The maximum atomic E-state index is 10.8. The van der Waals surface area contributed by atoms with Gasteiger partial charge in [-0.05, 0) is 29.3 Å². The number of nitrogens with zero attached hydrogens (tertiary/aromatic N) is 1. The van der Waals surface area contributed by atoms with Gasteiger partial charge >= 0.3 is 5.37 Å². The smallest absolute Gasteiger partial charge is 0.313 e. The predicted octanol–water partition coefficient (Wildman–Crippen LogP) is 3.36. The monoisotopic (exact) mass is 266 g/mol. The molecular formula is C13H15ClN2O2. The summed E-state index contributed by atoms with van der Waals surface area (Å²) >= 11 is 5.29. The van der Waals surface area contributed by atoms with E-state index in [0.717, 1.165) is 16.7 Å². The van der Waals surface area contributed by atoms with Crippen LogP contribution in [0.1, 0.15) is 25.3 Å². The van der Waals surface area contributed by atoms with Crippen molar-refractivity contribution in [1.29, 1.82) is 0 Å². The number of carbonyl (C=O) groups is 1. The van der Waals surface area contributed by atoms with Crippen LogP contribution in [0, 0.1) is 6.92 Å². The molecule has 4 nitrogen and oxygen atoms in total. The number of carbonyl (C=O) groups excluding carboxylic acids is 1. The number of oxazole rings is 1. The van der Waals surface area contributed by atoms with Crippen LogP contribution in [0.2, 0.25) is 0 Å². The molecule has 0 saturated carbocycles. The van der Waals surface area contributed by atoms with Crippen LogP contribution in [0.4, 0.5) is 4.79 Å². The fourth-order valence-corrected chi connectivity index (χ4v) is 1.92. The van der Waals surface area contributed by atoms with Gasteiger partial charge in [-0.1, -0.05) is 19.9 Å². The topological polar surface area (TPSA) is 55.1 Å².